The van der Waals surface area contributed by atoms with Crippen LogP contribution >= 0.6 is 12.8 Å². The summed E-state index contributed by atoms with van der Waals surface area (Å²) in [5.74, 6) is 0. The van der Waals surface area contributed by atoms with Crippen molar-refractivity contribution in [2.45, 2.75) is 13.0 Å². The fraction of sp³-hybridized carbons (Fsp3) is 1.00. The average molecular weight is 132 g/mol. The molecular formula is C5H12N2S. The molecule has 0 spiro atoms. The number of piperazine rings is 1. The summed E-state index contributed by atoms with van der Waals surface area (Å²) < 4.78 is 2.04. The van der Waals surface area contributed by atoms with Gasteiger partial charge in [-0.05, 0) is 6.92 Å². The first kappa shape index (κ1) is 6.39. The summed E-state index contributed by atoms with van der Waals surface area (Å²) in [4.78, 5) is 0. The first-order valence-electron chi connectivity index (χ1n) is 2.96. The van der Waals surface area contributed by atoms with Gasteiger partial charge in [-0.15, -0.1) is 0 Å². The van der Waals surface area contributed by atoms with Gasteiger partial charge in [0.25, 0.3) is 0 Å². The molecule has 0 aromatic heterocycles. The van der Waals surface area contributed by atoms with Crippen molar-refractivity contribution in [3.05, 3.63) is 0 Å². The van der Waals surface area contributed by atoms with Gasteiger partial charge in [0.05, 0.1) is 0 Å². The highest BCUT2D eigenvalue weighted by Crippen LogP contribution is 1.99. The molecule has 1 rings (SSSR count). The fourth-order valence-corrected chi connectivity index (χ4v) is 1.26. The minimum Gasteiger partial charge on any atom is -0.312 e. The van der Waals surface area contributed by atoms with E-state index in [1.165, 1.54) is 0 Å². The molecule has 1 fully saturated rings. The molecule has 1 atom stereocenters. The molecule has 0 saturated carbocycles. The molecule has 1 unspecified atom stereocenters. The summed E-state index contributed by atoms with van der Waals surface area (Å²) in [5, 5.41) is 3.32. The Kier molecular flexibility index (Phi) is 2.16. The molecule has 0 aromatic carbocycles. The molecule has 1 aliphatic rings. The second kappa shape index (κ2) is 2.71. The smallest absolute Gasteiger partial charge is 0.0239 e. The molecule has 8 heavy (non-hydrogen) atoms. The van der Waals surface area contributed by atoms with Crippen LogP contribution < -0.4 is 5.32 Å². The van der Waals surface area contributed by atoms with Gasteiger partial charge in [0.1, 0.15) is 0 Å². The predicted molar refractivity (Wildman–Crippen MR) is 38.0 cm³/mol. The lowest BCUT2D eigenvalue weighted by atomic mass is 10.3. The molecule has 1 N–H and O–H groups in total. The number of nitrogens with zero attached hydrogens (tertiary/aromatic N) is 1. The quantitative estimate of drug-likeness (QED) is 0.455. The Labute approximate surface area is 55.8 Å². The van der Waals surface area contributed by atoms with Crippen LogP contribution in [0.5, 0.6) is 0 Å². The fourth-order valence-electron chi connectivity index (χ4n) is 0.912. The van der Waals surface area contributed by atoms with E-state index in [4.69, 9.17) is 0 Å². The van der Waals surface area contributed by atoms with Crippen LogP contribution in [0.3, 0.4) is 0 Å². The van der Waals surface area contributed by atoms with Gasteiger partial charge in [-0.2, -0.15) is 0 Å². The molecule has 1 saturated heterocycles. The third-order valence-electron chi connectivity index (χ3n) is 1.35. The zero-order valence-electron chi connectivity index (χ0n) is 5.09. The topological polar surface area (TPSA) is 15.3 Å². The Hall–Kier alpha value is 0.270. The summed E-state index contributed by atoms with van der Waals surface area (Å²) in [7, 11) is 0. The zero-order valence-corrected chi connectivity index (χ0v) is 5.99. The van der Waals surface area contributed by atoms with Crippen molar-refractivity contribution in [3.8, 4) is 0 Å². The van der Waals surface area contributed by atoms with Crippen molar-refractivity contribution in [1.29, 1.82) is 0 Å². The standard InChI is InChI=1S/C5H12N2S/c1-5-4-7(8)3-2-6-5/h5-6,8H,2-4H2,1H3. The van der Waals surface area contributed by atoms with Crippen molar-refractivity contribution in [1.82, 2.24) is 9.62 Å². The number of nitrogens with one attached hydrogen (secondary N) is 1. The maximum absolute atomic E-state index is 4.21. The van der Waals surface area contributed by atoms with Crippen molar-refractivity contribution >= 4 is 12.8 Å². The molecule has 1 aliphatic heterocycles. The van der Waals surface area contributed by atoms with Crippen LogP contribution in [-0.2, 0) is 0 Å². The lowest BCUT2D eigenvalue weighted by Crippen LogP contribution is -2.45. The Balaban J connectivity index is 2.23. The predicted octanol–water partition coefficient (Wildman–Crippen LogP) is 0.125. The summed E-state index contributed by atoms with van der Waals surface area (Å²) in [6.07, 6.45) is 0. The highest BCUT2D eigenvalue weighted by Gasteiger charge is 2.10. The Morgan fingerprint density at radius 2 is 2.50 bits per heavy atom. The molecule has 0 aromatic rings. The van der Waals surface area contributed by atoms with Gasteiger partial charge in [-0.3, -0.25) is 4.31 Å². The number of hydrogen-bond acceptors (Lipinski definition) is 3. The van der Waals surface area contributed by atoms with Crippen LogP contribution in [0.25, 0.3) is 0 Å². The zero-order chi connectivity index (χ0) is 5.98. The monoisotopic (exact) mass is 132 g/mol. The van der Waals surface area contributed by atoms with Gasteiger partial charge in [0, 0.05) is 25.7 Å². The molecule has 3 heteroatoms. The summed E-state index contributed by atoms with van der Waals surface area (Å²) in [6.45, 7) is 5.36. The molecule has 0 amide bonds. The molecule has 2 nitrogen and oxygen atoms in total. The maximum Gasteiger partial charge on any atom is 0.0239 e. The largest absolute Gasteiger partial charge is 0.312 e. The maximum atomic E-state index is 4.21. The summed E-state index contributed by atoms with van der Waals surface area (Å²) >= 11 is 4.21. The Bertz CT molecular complexity index is 68.8. The first-order valence-corrected chi connectivity index (χ1v) is 3.36. The van der Waals surface area contributed by atoms with Gasteiger partial charge in [-0.1, -0.05) is 12.8 Å². The highest BCUT2D eigenvalue weighted by molar-refractivity contribution is 7.77. The van der Waals surface area contributed by atoms with E-state index in [9.17, 15) is 0 Å². The van der Waals surface area contributed by atoms with Crippen LogP contribution in [0, 0.1) is 0 Å². The van der Waals surface area contributed by atoms with E-state index in [1.54, 1.807) is 0 Å². The number of thiol groups is 1. The third-order valence-corrected chi connectivity index (χ3v) is 1.71. The van der Waals surface area contributed by atoms with E-state index in [0.717, 1.165) is 19.6 Å². The van der Waals surface area contributed by atoms with Crippen LogP contribution in [0.2, 0.25) is 0 Å². The number of hydrogen-bond donors (Lipinski definition) is 2. The van der Waals surface area contributed by atoms with Gasteiger partial charge >= 0.3 is 0 Å². The van der Waals surface area contributed by atoms with Crippen molar-refractivity contribution in [2.75, 3.05) is 19.6 Å². The van der Waals surface area contributed by atoms with Gasteiger partial charge in [0.2, 0.25) is 0 Å². The lowest BCUT2D eigenvalue weighted by Gasteiger charge is -2.26. The van der Waals surface area contributed by atoms with Crippen LogP contribution in [0.1, 0.15) is 6.92 Å². The second-order valence-electron chi connectivity index (χ2n) is 2.27. The molecule has 0 bridgehead atoms. The summed E-state index contributed by atoms with van der Waals surface area (Å²) in [5.41, 5.74) is 0. The van der Waals surface area contributed by atoms with Crippen LogP contribution in [-0.4, -0.2) is 30.0 Å². The molecule has 48 valence electrons. The van der Waals surface area contributed by atoms with E-state index in [0.29, 0.717) is 6.04 Å². The molecule has 0 aliphatic carbocycles. The normalized spacial score (nSPS) is 33.0. The number of rotatable bonds is 0. The van der Waals surface area contributed by atoms with Gasteiger partial charge in [-0.25, -0.2) is 0 Å². The van der Waals surface area contributed by atoms with Crippen molar-refractivity contribution < 1.29 is 0 Å². The second-order valence-corrected chi connectivity index (χ2v) is 2.83. The van der Waals surface area contributed by atoms with E-state index >= 15 is 0 Å². The van der Waals surface area contributed by atoms with Crippen molar-refractivity contribution in [2.24, 2.45) is 0 Å². The SMILES string of the molecule is CC1CN(S)CCN1. The van der Waals surface area contributed by atoms with E-state index in [1.807, 2.05) is 4.31 Å². The van der Waals surface area contributed by atoms with Gasteiger partial charge < -0.3 is 5.32 Å². The first-order chi connectivity index (χ1) is 3.79. The van der Waals surface area contributed by atoms with E-state index in [-0.39, 0.29) is 0 Å². The molecule has 0 radical (unpaired) electrons. The third kappa shape index (κ3) is 1.65. The molecular weight excluding hydrogens is 120 g/mol. The van der Waals surface area contributed by atoms with E-state index in [2.05, 4.69) is 25.1 Å². The summed E-state index contributed by atoms with van der Waals surface area (Å²) in [6, 6.07) is 0.612. The average Bonchev–Trinajstić information content (AvgIpc) is 1.64. The van der Waals surface area contributed by atoms with Gasteiger partial charge in [0.15, 0.2) is 0 Å². The molecule has 1 heterocycles. The van der Waals surface area contributed by atoms with Crippen molar-refractivity contribution in [3.63, 3.8) is 0 Å². The van der Waals surface area contributed by atoms with Crippen LogP contribution in [0.15, 0.2) is 0 Å². The highest BCUT2D eigenvalue weighted by atomic mass is 32.1. The Morgan fingerprint density at radius 3 is 2.88 bits per heavy atom. The van der Waals surface area contributed by atoms with E-state index < -0.39 is 0 Å². The Morgan fingerprint density at radius 1 is 1.75 bits per heavy atom. The van der Waals surface area contributed by atoms with Crippen LogP contribution in [0.4, 0.5) is 0 Å². The lowest BCUT2D eigenvalue weighted by molar-refractivity contribution is 0.338. The minimum absolute atomic E-state index is 0.612. The minimum atomic E-state index is 0.612.